The SMILES string of the molecule is CC[C@@H](N)CC(C)=O. The third-order valence-electron chi connectivity index (χ3n) is 1.07. The predicted octanol–water partition coefficient (Wildman–Crippen LogP) is 0.703. The monoisotopic (exact) mass is 115 g/mol. The van der Waals surface area contributed by atoms with Gasteiger partial charge in [0.25, 0.3) is 0 Å². The van der Waals surface area contributed by atoms with E-state index in [9.17, 15) is 4.79 Å². The van der Waals surface area contributed by atoms with Crippen molar-refractivity contribution in [3.05, 3.63) is 0 Å². The average molecular weight is 115 g/mol. The third-order valence-corrected chi connectivity index (χ3v) is 1.07. The molecule has 0 aliphatic heterocycles. The van der Waals surface area contributed by atoms with Crippen molar-refractivity contribution in [1.82, 2.24) is 0 Å². The maximum Gasteiger partial charge on any atom is 0.131 e. The lowest BCUT2D eigenvalue weighted by atomic mass is 10.1. The van der Waals surface area contributed by atoms with Crippen LogP contribution in [0, 0.1) is 0 Å². The molecule has 0 rings (SSSR count). The van der Waals surface area contributed by atoms with Crippen LogP contribution < -0.4 is 5.73 Å². The van der Waals surface area contributed by atoms with Crippen molar-refractivity contribution < 1.29 is 4.79 Å². The summed E-state index contributed by atoms with van der Waals surface area (Å²) in [5.74, 6) is 0.180. The molecule has 0 spiro atoms. The topological polar surface area (TPSA) is 43.1 Å². The molecule has 0 fully saturated rings. The number of nitrogens with two attached hydrogens (primary N) is 1. The molecule has 8 heavy (non-hydrogen) atoms. The quantitative estimate of drug-likeness (QED) is 0.588. The molecule has 48 valence electrons. The fourth-order valence-electron chi connectivity index (χ4n) is 0.514. The predicted molar refractivity (Wildman–Crippen MR) is 33.6 cm³/mol. The van der Waals surface area contributed by atoms with Crippen molar-refractivity contribution in [3.63, 3.8) is 0 Å². The summed E-state index contributed by atoms with van der Waals surface area (Å²) in [4.78, 5) is 10.3. The van der Waals surface area contributed by atoms with E-state index in [0.29, 0.717) is 6.42 Å². The molecule has 0 saturated carbocycles. The Morgan fingerprint density at radius 2 is 2.25 bits per heavy atom. The van der Waals surface area contributed by atoms with Crippen molar-refractivity contribution >= 4 is 5.78 Å². The number of carbonyl (C=O) groups is 1. The lowest BCUT2D eigenvalue weighted by molar-refractivity contribution is -0.117. The highest BCUT2D eigenvalue weighted by molar-refractivity contribution is 5.76. The van der Waals surface area contributed by atoms with Gasteiger partial charge in [0.2, 0.25) is 0 Å². The zero-order valence-electron chi connectivity index (χ0n) is 5.48. The van der Waals surface area contributed by atoms with E-state index in [1.165, 1.54) is 0 Å². The Bertz CT molecular complexity index is 80.6. The standard InChI is InChI=1S/C6H13NO/c1-3-6(7)4-5(2)8/h6H,3-4,7H2,1-2H3/t6-/m1/s1. The maximum atomic E-state index is 10.3. The van der Waals surface area contributed by atoms with Crippen LogP contribution in [0.25, 0.3) is 0 Å². The van der Waals surface area contributed by atoms with E-state index in [1.54, 1.807) is 6.92 Å². The summed E-state index contributed by atoms with van der Waals surface area (Å²) in [5, 5.41) is 0. The molecule has 0 aromatic rings. The van der Waals surface area contributed by atoms with Crippen molar-refractivity contribution in [1.29, 1.82) is 0 Å². The van der Waals surface area contributed by atoms with E-state index < -0.39 is 0 Å². The van der Waals surface area contributed by atoms with Gasteiger partial charge in [-0.2, -0.15) is 0 Å². The van der Waals surface area contributed by atoms with Crippen molar-refractivity contribution in [3.8, 4) is 0 Å². The van der Waals surface area contributed by atoms with E-state index in [0.717, 1.165) is 6.42 Å². The molecule has 0 unspecified atom stereocenters. The first-order chi connectivity index (χ1) is 3.66. The van der Waals surface area contributed by atoms with Crippen LogP contribution in [0.15, 0.2) is 0 Å². The second kappa shape index (κ2) is 3.61. The maximum absolute atomic E-state index is 10.3. The van der Waals surface area contributed by atoms with Crippen LogP contribution in [0.3, 0.4) is 0 Å². The Labute approximate surface area is 50.1 Å². The summed E-state index contributed by atoms with van der Waals surface area (Å²) in [6.45, 7) is 3.54. The zero-order valence-corrected chi connectivity index (χ0v) is 5.48. The first kappa shape index (κ1) is 7.63. The van der Waals surface area contributed by atoms with Gasteiger partial charge in [0.05, 0.1) is 0 Å². The molecule has 0 amide bonds. The molecule has 1 atom stereocenters. The minimum absolute atomic E-state index is 0.0764. The summed E-state index contributed by atoms with van der Waals surface area (Å²) < 4.78 is 0. The molecule has 0 radical (unpaired) electrons. The van der Waals surface area contributed by atoms with Crippen molar-refractivity contribution in [2.24, 2.45) is 5.73 Å². The number of hydrogen-bond acceptors (Lipinski definition) is 2. The van der Waals surface area contributed by atoms with Gasteiger partial charge >= 0.3 is 0 Å². The van der Waals surface area contributed by atoms with E-state index in [1.807, 2.05) is 6.92 Å². The van der Waals surface area contributed by atoms with E-state index in [4.69, 9.17) is 5.73 Å². The highest BCUT2D eigenvalue weighted by Crippen LogP contribution is 1.92. The lowest BCUT2D eigenvalue weighted by Crippen LogP contribution is -2.21. The second-order valence-electron chi connectivity index (χ2n) is 2.07. The molecular weight excluding hydrogens is 102 g/mol. The Balaban J connectivity index is 3.24. The highest BCUT2D eigenvalue weighted by atomic mass is 16.1. The van der Waals surface area contributed by atoms with Gasteiger partial charge in [0.1, 0.15) is 5.78 Å². The average Bonchev–Trinajstić information content (AvgIpc) is 1.65. The second-order valence-corrected chi connectivity index (χ2v) is 2.07. The normalized spacial score (nSPS) is 13.4. The molecule has 0 aliphatic rings. The van der Waals surface area contributed by atoms with Crippen LogP contribution in [0.1, 0.15) is 26.7 Å². The minimum Gasteiger partial charge on any atom is -0.327 e. The van der Waals surface area contributed by atoms with Gasteiger partial charge in [-0.3, -0.25) is 4.79 Å². The number of rotatable bonds is 3. The summed E-state index contributed by atoms with van der Waals surface area (Å²) in [6.07, 6.45) is 1.41. The smallest absolute Gasteiger partial charge is 0.131 e. The molecule has 0 bridgehead atoms. The van der Waals surface area contributed by atoms with Crippen LogP contribution in [0.4, 0.5) is 0 Å². The molecule has 2 N–H and O–H groups in total. The highest BCUT2D eigenvalue weighted by Gasteiger charge is 2.00. The largest absolute Gasteiger partial charge is 0.327 e. The van der Waals surface area contributed by atoms with Gasteiger partial charge in [-0.15, -0.1) is 0 Å². The summed E-state index contributed by atoms with van der Waals surface area (Å²) >= 11 is 0. The zero-order chi connectivity index (χ0) is 6.57. The fourth-order valence-corrected chi connectivity index (χ4v) is 0.514. The van der Waals surface area contributed by atoms with Crippen LogP contribution in [0.2, 0.25) is 0 Å². The van der Waals surface area contributed by atoms with Gasteiger partial charge in [-0.05, 0) is 13.3 Å². The number of carbonyl (C=O) groups excluding carboxylic acids is 1. The third kappa shape index (κ3) is 3.81. The molecule has 0 aliphatic carbocycles. The first-order valence-electron chi connectivity index (χ1n) is 2.91. The Morgan fingerprint density at radius 3 is 2.38 bits per heavy atom. The lowest BCUT2D eigenvalue weighted by Gasteiger charge is -2.02. The number of hydrogen-bond donors (Lipinski definition) is 1. The van der Waals surface area contributed by atoms with Crippen LogP contribution in [-0.4, -0.2) is 11.8 Å². The molecule has 0 aromatic heterocycles. The summed E-state index contributed by atoms with van der Waals surface area (Å²) in [5.41, 5.74) is 5.45. The molecule has 0 saturated heterocycles. The summed E-state index contributed by atoms with van der Waals surface area (Å²) in [7, 11) is 0. The Morgan fingerprint density at radius 1 is 1.75 bits per heavy atom. The Hall–Kier alpha value is -0.370. The van der Waals surface area contributed by atoms with Crippen molar-refractivity contribution in [2.45, 2.75) is 32.7 Å². The first-order valence-corrected chi connectivity index (χ1v) is 2.91. The summed E-state index contributed by atoms with van der Waals surface area (Å²) in [6, 6.07) is 0.0764. The van der Waals surface area contributed by atoms with E-state index in [-0.39, 0.29) is 11.8 Å². The van der Waals surface area contributed by atoms with Crippen LogP contribution in [0.5, 0.6) is 0 Å². The Kier molecular flexibility index (Phi) is 3.44. The molecule has 0 aromatic carbocycles. The van der Waals surface area contributed by atoms with Gasteiger partial charge in [-0.1, -0.05) is 6.92 Å². The fraction of sp³-hybridized carbons (Fsp3) is 0.833. The van der Waals surface area contributed by atoms with Crippen LogP contribution >= 0.6 is 0 Å². The van der Waals surface area contributed by atoms with E-state index >= 15 is 0 Å². The van der Waals surface area contributed by atoms with Gasteiger partial charge in [0.15, 0.2) is 0 Å². The van der Waals surface area contributed by atoms with E-state index in [2.05, 4.69) is 0 Å². The van der Waals surface area contributed by atoms with Crippen LogP contribution in [-0.2, 0) is 4.79 Å². The number of ketones is 1. The van der Waals surface area contributed by atoms with Gasteiger partial charge in [-0.25, -0.2) is 0 Å². The van der Waals surface area contributed by atoms with Gasteiger partial charge < -0.3 is 5.73 Å². The minimum atomic E-state index is 0.0764. The molecule has 2 heteroatoms. The molecule has 2 nitrogen and oxygen atoms in total. The molecule has 0 heterocycles. The van der Waals surface area contributed by atoms with Gasteiger partial charge in [0, 0.05) is 12.5 Å². The van der Waals surface area contributed by atoms with Crippen molar-refractivity contribution in [2.75, 3.05) is 0 Å². The molecular formula is C6H13NO. The number of Topliss-reactive ketones (excluding diaryl/α,β-unsaturated/α-hetero) is 1.